The third-order valence-corrected chi connectivity index (χ3v) is 5.45. The molecule has 0 saturated carbocycles. The maximum atomic E-state index is 12.4. The first kappa shape index (κ1) is 18.9. The minimum absolute atomic E-state index is 0.0322. The lowest BCUT2D eigenvalue weighted by Gasteiger charge is -2.20. The zero-order chi connectivity index (χ0) is 18.2. The Labute approximate surface area is 156 Å². The van der Waals surface area contributed by atoms with E-state index >= 15 is 0 Å². The van der Waals surface area contributed by atoms with Gasteiger partial charge < -0.3 is 15.1 Å². The molecule has 26 heavy (non-hydrogen) atoms. The minimum Gasteiger partial charge on any atom is -0.356 e. The number of amides is 2. The maximum Gasteiger partial charge on any atom is 0.225 e. The summed E-state index contributed by atoms with van der Waals surface area (Å²) in [6, 6.07) is 9.96. The minimum atomic E-state index is -0.204. The molecule has 2 aliphatic rings. The van der Waals surface area contributed by atoms with E-state index in [1.165, 1.54) is 38.8 Å². The number of rotatable bonds is 7. The molecule has 1 unspecified atom stereocenters. The van der Waals surface area contributed by atoms with Crippen molar-refractivity contribution < 1.29 is 9.59 Å². The molecule has 0 spiro atoms. The smallest absolute Gasteiger partial charge is 0.225 e. The highest BCUT2D eigenvalue weighted by atomic mass is 16.2. The summed E-state index contributed by atoms with van der Waals surface area (Å²) in [4.78, 5) is 28.9. The van der Waals surface area contributed by atoms with Gasteiger partial charge in [0.2, 0.25) is 11.8 Å². The number of likely N-dealkylation sites (tertiary alicyclic amines) is 2. The molecule has 142 valence electrons. The zero-order valence-electron chi connectivity index (χ0n) is 15.7. The van der Waals surface area contributed by atoms with Crippen LogP contribution in [0, 0.1) is 5.92 Å². The van der Waals surface area contributed by atoms with E-state index in [-0.39, 0.29) is 17.7 Å². The Morgan fingerprint density at radius 1 is 1.08 bits per heavy atom. The number of nitrogens with zero attached hydrogens (tertiary/aromatic N) is 2. The largest absolute Gasteiger partial charge is 0.356 e. The van der Waals surface area contributed by atoms with Crippen LogP contribution in [0.2, 0.25) is 0 Å². The molecule has 0 radical (unpaired) electrons. The Morgan fingerprint density at radius 2 is 1.81 bits per heavy atom. The monoisotopic (exact) mass is 357 g/mol. The van der Waals surface area contributed by atoms with Gasteiger partial charge in [-0.1, -0.05) is 43.2 Å². The van der Waals surface area contributed by atoms with Crippen LogP contribution in [-0.2, 0) is 16.1 Å². The zero-order valence-corrected chi connectivity index (χ0v) is 15.7. The van der Waals surface area contributed by atoms with Crippen LogP contribution in [0.5, 0.6) is 0 Å². The molecule has 1 aromatic rings. The van der Waals surface area contributed by atoms with E-state index < -0.39 is 0 Å². The van der Waals surface area contributed by atoms with Crippen molar-refractivity contribution in [1.29, 1.82) is 0 Å². The van der Waals surface area contributed by atoms with Crippen LogP contribution < -0.4 is 5.32 Å². The average molecular weight is 357 g/mol. The van der Waals surface area contributed by atoms with Crippen LogP contribution in [-0.4, -0.2) is 54.3 Å². The normalized spacial score (nSPS) is 21.6. The van der Waals surface area contributed by atoms with Gasteiger partial charge in [-0.15, -0.1) is 0 Å². The molecule has 2 aliphatic heterocycles. The highest BCUT2D eigenvalue weighted by Crippen LogP contribution is 2.20. The fraction of sp³-hybridized carbons (Fsp3) is 0.619. The average Bonchev–Trinajstić information content (AvgIpc) is 2.85. The molecular weight excluding hydrogens is 326 g/mol. The van der Waals surface area contributed by atoms with Gasteiger partial charge in [-0.25, -0.2) is 0 Å². The lowest BCUT2D eigenvalue weighted by Crippen LogP contribution is -2.35. The van der Waals surface area contributed by atoms with Crippen LogP contribution >= 0.6 is 0 Å². The van der Waals surface area contributed by atoms with Crippen molar-refractivity contribution in [2.75, 3.05) is 32.7 Å². The Hall–Kier alpha value is -1.88. The molecule has 2 fully saturated rings. The van der Waals surface area contributed by atoms with Crippen molar-refractivity contribution in [1.82, 2.24) is 15.1 Å². The van der Waals surface area contributed by atoms with Gasteiger partial charge >= 0.3 is 0 Å². The molecule has 2 saturated heterocycles. The molecule has 1 N–H and O–H groups in total. The highest BCUT2D eigenvalue weighted by molar-refractivity contribution is 5.89. The van der Waals surface area contributed by atoms with Crippen LogP contribution in [0.3, 0.4) is 0 Å². The molecule has 0 bridgehead atoms. The third-order valence-electron chi connectivity index (χ3n) is 5.45. The Bertz CT molecular complexity index is 582. The lowest BCUT2D eigenvalue weighted by atomic mass is 10.1. The molecule has 3 rings (SSSR count). The van der Waals surface area contributed by atoms with Gasteiger partial charge in [0.15, 0.2) is 0 Å². The molecular formula is C21H31N3O2. The van der Waals surface area contributed by atoms with E-state index in [1.54, 1.807) is 4.90 Å². The van der Waals surface area contributed by atoms with Gasteiger partial charge in [0.1, 0.15) is 0 Å². The second kappa shape index (κ2) is 9.72. The molecule has 0 aromatic heterocycles. The Balaban J connectivity index is 1.36. The predicted octanol–water partition coefficient (Wildman–Crippen LogP) is 2.42. The summed E-state index contributed by atoms with van der Waals surface area (Å²) in [6.07, 6.45) is 6.62. The fourth-order valence-corrected chi connectivity index (χ4v) is 3.92. The molecule has 0 aliphatic carbocycles. The van der Waals surface area contributed by atoms with Crippen molar-refractivity contribution in [3.63, 3.8) is 0 Å². The summed E-state index contributed by atoms with van der Waals surface area (Å²) in [5, 5.41) is 3.04. The molecule has 1 aromatic carbocycles. The van der Waals surface area contributed by atoms with Crippen molar-refractivity contribution in [3.8, 4) is 0 Å². The van der Waals surface area contributed by atoms with E-state index in [0.29, 0.717) is 26.1 Å². The maximum absolute atomic E-state index is 12.4. The summed E-state index contributed by atoms with van der Waals surface area (Å²) in [7, 11) is 0. The van der Waals surface area contributed by atoms with E-state index in [4.69, 9.17) is 0 Å². The second-order valence-corrected chi connectivity index (χ2v) is 7.56. The molecule has 5 heteroatoms. The standard InChI is InChI=1S/C21H31N3O2/c25-20-15-19(17-24(20)16-18-9-4-3-5-10-18)21(26)22-11-8-14-23-12-6-1-2-7-13-23/h3-5,9-10,19H,1-2,6-8,11-17H2,(H,22,26). The van der Waals surface area contributed by atoms with Gasteiger partial charge in [-0.05, 0) is 44.5 Å². The predicted molar refractivity (Wildman–Crippen MR) is 103 cm³/mol. The number of benzene rings is 1. The van der Waals surface area contributed by atoms with Gasteiger partial charge in [0.05, 0.1) is 5.92 Å². The number of carbonyl (C=O) groups is 2. The quantitative estimate of drug-likeness (QED) is 0.763. The highest BCUT2D eigenvalue weighted by Gasteiger charge is 2.33. The van der Waals surface area contributed by atoms with Crippen LogP contribution in [0.25, 0.3) is 0 Å². The van der Waals surface area contributed by atoms with Gasteiger partial charge in [-0.3, -0.25) is 9.59 Å². The van der Waals surface area contributed by atoms with Crippen LogP contribution in [0.15, 0.2) is 30.3 Å². The molecule has 5 nitrogen and oxygen atoms in total. The third kappa shape index (κ3) is 5.56. The summed E-state index contributed by atoms with van der Waals surface area (Å²) < 4.78 is 0. The summed E-state index contributed by atoms with van der Waals surface area (Å²) in [5.74, 6) is -0.0900. The summed E-state index contributed by atoms with van der Waals surface area (Å²) in [5.41, 5.74) is 1.11. The van der Waals surface area contributed by atoms with E-state index in [9.17, 15) is 9.59 Å². The van der Waals surface area contributed by atoms with E-state index in [2.05, 4.69) is 10.2 Å². The number of hydrogen-bond donors (Lipinski definition) is 1. The summed E-state index contributed by atoms with van der Waals surface area (Å²) >= 11 is 0. The van der Waals surface area contributed by atoms with Gasteiger partial charge in [0, 0.05) is 26.1 Å². The number of hydrogen-bond acceptors (Lipinski definition) is 3. The number of nitrogens with one attached hydrogen (secondary N) is 1. The topological polar surface area (TPSA) is 52.7 Å². The van der Waals surface area contributed by atoms with Crippen molar-refractivity contribution in [2.45, 2.75) is 45.1 Å². The first-order valence-corrected chi connectivity index (χ1v) is 10.0. The molecule has 1 atom stereocenters. The van der Waals surface area contributed by atoms with Crippen molar-refractivity contribution >= 4 is 11.8 Å². The molecule has 2 heterocycles. The first-order valence-electron chi connectivity index (χ1n) is 10.0. The first-order chi connectivity index (χ1) is 12.7. The van der Waals surface area contributed by atoms with E-state index in [0.717, 1.165) is 18.5 Å². The van der Waals surface area contributed by atoms with Crippen molar-refractivity contribution in [3.05, 3.63) is 35.9 Å². The second-order valence-electron chi connectivity index (χ2n) is 7.56. The SMILES string of the molecule is O=C(NCCCN1CCCCCC1)C1CC(=O)N(Cc2ccccc2)C1. The van der Waals surface area contributed by atoms with E-state index in [1.807, 2.05) is 30.3 Å². The molecule has 2 amide bonds. The summed E-state index contributed by atoms with van der Waals surface area (Å²) in [6.45, 7) is 5.28. The Kier molecular flexibility index (Phi) is 7.06. The van der Waals surface area contributed by atoms with Crippen LogP contribution in [0.4, 0.5) is 0 Å². The van der Waals surface area contributed by atoms with Crippen molar-refractivity contribution in [2.24, 2.45) is 5.92 Å². The lowest BCUT2D eigenvalue weighted by molar-refractivity contribution is -0.129. The Morgan fingerprint density at radius 3 is 2.54 bits per heavy atom. The van der Waals surface area contributed by atoms with Gasteiger partial charge in [0.25, 0.3) is 0 Å². The van der Waals surface area contributed by atoms with Crippen LogP contribution in [0.1, 0.15) is 44.1 Å². The fourth-order valence-electron chi connectivity index (χ4n) is 3.92. The number of carbonyl (C=O) groups excluding carboxylic acids is 2. The van der Waals surface area contributed by atoms with Gasteiger partial charge in [-0.2, -0.15) is 0 Å².